The van der Waals surface area contributed by atoms with Gasteiger partial charge in [-0.05, 0) is 18.4 Å². The van der Waals surface area contributed by atoms with E-state index in [1.165, 1.54) is 0 Å². The zero-order valence-electron chi connectivity index (χ0n) is 15.4. The average molecular weight is 457 g/mol. The van der Waals surface area contributed by atoms with Crippen molar-refractivity contribution in [2.24, 2.45) is 0 Å². The standard InChI is InChI=1S/C19H16ClF3N4O2S/c20-12-14-13(17(29)26-15(12)19(21,22)23)25-18(30-14)27-8-4-7-11(27)16(28)24-9-10-5-2-1-3-6-10/h1-3,5-6,11H,4,7-9H2,(H,24,28)(H,26,29)/t11-/m1/s1. The molecule has 0 spiro atoms. The minimum absolute atomic E-state index is 0.0434. The Morgan fingerprint density at radius 3 is 2.77 bits per heavy atom. The number of nitrogens with zero attached hydrogens (tertiary/aromatic N) is 2. The molecule has 6 nitrogen and oxygen atoms in total. The molecule has 0 radical (unpaired) electrons. The first-order chi connectivity index (χ1) is 14.3. The third-order valence-corrected chi connectivity index (χ3v) is 6.48. The number of carbonyl (C=O) groups is 1. The maximum atomic E-state index is 13.1. The largest absolute Gasteiger partial charge is 0.432 e. The summed E-state index contributed by atoms with van der Waals surface area (Å²) in [6.07, 6.45) is -3.49. The van der Waals surface area contributed by atoms with Gasteiger partial charge in [-0.1, -0.05) is 53.3 Å². The van der Waals surface area contributed by atoms with Crippen molar-refractivity contribution in [2.45, 2.75) is 31.6 Å². The smallest absolute Gasteiger partial charge is 0.350 e. The van der Waals surface area contributed by atoms with Gasteiger partial charge in [-0.3, -0.25) is 9.59 Å². The number of carbonyl (C=O) groups excluding carboxylic acids is 1. The van der Waals surface area contributed by atoms with Gasteiger partial charge >= 0.3 is 6.18 Å². The van der Waals surface area contributed by atoms with E-state index in [1.54, 1.807) is 9.88 Å². The second kappa shape index (κ2) is 7.92. The van der Waals surface area contributed by atoms with Crippen LogP contribution in [0.5, 0.6) is 0 Å². The second-order valence-electron chi connectivity index (χ2n) is 6.87. The highest BCUT2D eigenvalue weighted by Gasteiger charge is 2.38. The lowest BCUT2D eigenvalue weighted by Crippen LogP contribution is -2.43. The van der Waals surface area contributed by atoms with Gasteiger partial charge in [-0.25, -0.2) is 4.98 Å². The van der Waals surface area contributed by atoms with Crippen LogP contribution in [0.15, 0.2) is 35.1 Å². The number of fused-ring (bicyclic) bond motifs is 1. The number of halogens is 4. The molecule has 1 fully saturated rings. The molecule has 2 aromatic heterocycles. The van der Waals surface area contributed by atoms with Crippen LogP contribution in [0.3, 0.4) is 0 Å². The Bertz CT molecular complexity index is 1150. The summed E-state index contributed by atoms with van der Waals surface area (Å²) >= 11 is 6.80. The van der Waals surface area contributed by atoms with Gasteiger partial charge in [0.2, 0.25) is 5.91 Å². The fourth-order valence-electron chi connectivity index (χ4n) is 3.44. The predicted octanol–water partition coefficient (Wildman–Crippen LogP) is 3.94. The summed E-state index contributed by atoms with van der Waals surface area (Å²) in [7, 11) is 0. The van der Waals surface area contributed by atoms with Gasteiger partial charge in [-0.2, -0.15) is 13.2 Å². The number of H-pyrrole nitrogens is 1. The molecule has 1 aliphatic rings. The highest BCUT2D eigenvalue weighted by molar-refractivity contribution is 7.22. The second-order valence-corrected chi connectivity index (χ2v) is 8.23. The van der Waals surface area contributed by atoms with Gasteiger partial charge in [0, 0.05) is 13.1 Å². The number of amides is 1. The molecule has 1 saturated heterocycles. The molecule has 0 aliphatic carbocycles. The van der Waals surface area contributed by atoms with Gasteiger partial charge in [0.25, 0.3) is 5.56 Å². The van der Waals surface area contributed by atoms with Crippen molar-refractivity contribution in [3.63, 3.8) is 0 Å². The highest BCUT2D eigenvalue weighted by Crippen LogP contribution is 2.40. The molecule has 0 unspecified atom stereocenters. The van der Waals surface area contributed by atoms with E-state index in [0.717, 1.165) is 23.3 Å². The first-order valence-electron chi connectivity index (χ1n) is 9.13. The molecule has 4 rings (SSSR count). The van der Waals surface area contributed by atoms with E-state index in [9.17, 15) is 22.8 Å². The van der Waals surface area contributed by atoms with E-state index in [4.69, 9.17) is 11.6 Å². The Morgan fingerprint density at radius 2 is 2.07 bits per heavy atom. The van der Waals surface area contributed by atoms with Crippen molar-refractivity contribution in [1.82, 2.24) is 15.3 Å². The number of benzene rings is 1. The molecule has 0 bridgehead atoms. The van der Waals surface area contributed by atoms with E-state index in [1.807, 2.05) is 30.3 Å². The van der Waals surface area contributed by atoms with E-state index in [2.05, 4.69) is 10.3 Å². The first-order valence-corrected chi connectivity index (χ1v) is 10.3. The molecular formula is C19H16ClF3N4O2S. The molecule has 1 atom stereocenters. The molecule has 3 heterocycles. The number of thiazole rings is 1. The van der Waals surface area contributed by atoms with Crippen LogP contribution in [0.25, 0.3) is 10.2 Å². The molecule has 1 aliphatic heterocycles. The molecule has 158 valence electrons. The molecule has 11 heteroatoms. The van der Waals surface area contributed by atoms with Gasteiger partial charge < -0.3 is 15.2 Å². The summed E-state index contributed by atoms with van der Waals surface area (Å²) in [6.45, 7) is 0.870. The van der Waals surface area contributed by atoms with Crippen LogP contribution in [0, 0.1) is 0 Å². The van der Waals surface area contributed by atoms with Crippen LogP contribution in [0.4, 0.5) is 18.3 Å². The SMILES string of the molecule is O=C(NCc1ccccc1)[C@H]1CCCN1c1nc2c(=O)[nH]c(C(F)(F)F)c(Cl)c2s1. The third kappa shape index (κ3) is 3.89. The maximum absolute atomic E-state index is 13.1. The van der Waals surface area contributed by atoms with Crippen molar-refractivity contribution in [2.75, 3.05) is 11.4 Å². The fourth-order valence-corrected chi connectivity index (χ4v) is 4.88. The number of pyridine rings is 1. The Labute approximate surface area is 177 Å². The zero-order valence-corrected chi connectivity index (χ0v) is 17.0. The lowest BCUT2D eigenvalue weighted by molar-refractivity contribution is -0.141. The van der Waals surface area contributed by atoms with Gasteiger partial charge in [0.05, 0.1) is 9.72 Å². The van der Waals surface area contributed by atoms with Gasteiger partial charge in [-0.15, -0.1) is 0 Å². The number of alkyl halides is 3. The van der Waals surface area contributed by atoms with Crippen LogP contribution < -0.4 is 15.8 Å². The van der Waals surface area contributed by atoms with E-state index in [0.29, 0.717) is 24.6 Å². The van der Waals surface area contributed by atoms with Crippen molar-refractivity contribution >= 4 is 44.2 Å². The van der Waals surface area contributed by atoms with E-state index >= 15 is 0 Å². The van der Waals surface area contributed by atoms with Crippen LogP contribution in [-0.2, 0) is 17.5 Å². The summed E-state index contributed by atoms with van der Waals surface area (Å²) in [5, 5.41) is 2.59. The van der Waals surface area contributed by atoms with Gasteiger partial charge in [0.1, 0.15) is 11.7 Å². The fraction of sp³-hybridized carbons (Fsp3) is 0.316. The lowest BCUT2D eigenvalue weighted by atomic mass is 10.2. The summed E-state index contributed by atoms with van der Waals surface area (Å²) in [6, 6.07) is 8.91. The number of hydrogen-bond acceptors (Lipinski definition) is 5. The summed E-state index contributed by atoms with van der Waals surface area (Å²) in [4.78, 5) is 32.5. The maximum Gasteiger partial charge on any atom is 0.432 e. The van der Waals surface area contributed by atoms with Crippen molar-refractivity contribution in [1.29, 1.82) is 0 Å². The van der Waals surface area contributed by atoms with Crippen LogP contribution >= 0.6 is 22.9 Å². The number of rotatable bonds is 4. The molecule has 1 amide bonds. The van der Waals surface area contributed by atoms with Crippen LogP contribution in [-0.4, -0.2) is 28.5 Å². The number of aromatic nitrogens is 2. The Morgan fingerprint density at radius 1 is 1.33 bits per heavy atom. The molecular weight excluding hydrogens is 441 g/mol. The quantitative estimate of drug-likeness (QED) is 0.623. The molecule has 3 aromatic rings. The summed E-state index contributed by atoms with van der Waals surface area (Å²) in [5.41, 5.74) is -1.47. The Kier molecular flexibility index (Phi) is 5.46. The monoisotopic (exact) mass is 456 g/mol. The number of aromatic amines is 1. The molecule has 2 N–H and O–H groups in total. The molecule has 0 saturated carbocycles. The summed E-state index contributed by atoms with van der Waals surface area (Å²) in [5.74, 6) is -0.202. The number of hydrogen-bond donors (Lipinski definition) is 2. The van der Waals surface area contributed by atoms with E-state index < -0.39 is 28.5 Å². The Hall–Kier alpha value is -2.59. The van der Waals surface area contributed by atoms with Gasteiger partial charge in [0.15, 0.2) is 10.6 Å². The highest BCUT2D eigenvalue weighted by atomic mass is 35.5. The van der Waals surface area contributed by atoms with Crippen molar-refractivity contribution in [3.05, 3.63) is 57.0 Å². The predicted molar refractivity (Wildman–Crippen MR) is 109 cm³/mol. The van der Waals surface area contributed by atoms with Crippen LogP contribution in [0.1, 0.15) is 24.1 Å². The van der Waals surface area contributed by atoms with Crippen LogP contribution in [0.2, 0.25) is 5.02 Å². The third-order valence-electron chi connectivity index (χ3n) is 4.88. The number of nitrogens with one attached hydrogen (secondary N) is 2. The van der Waals surface area contributed by atoms with Crippen molar-refractivity contribution in [3.8, 4) is 0 Å². The topological polar surface area (TPSA) is 78.1 Å². The minimum atomic E-state index is -4.79. The first kappa shape index (κ1) is 20.7. The molecule has 1 aromatic carbocycles. The normalized spacial score (nSPS) is 16.9. The lowest BCUT2D eigenvalue weighted by Gasteiger charge is -2.23. The number of anilines is 1. The molecule has 30 heavy (non-hydrogen) atoms. The minimum Gasteiger partial charge on any atom is -0.350 e. The summed E-state index contributed by atoms with van der Waals surface area (Å²) < 4.78 is 39.3. The Balaban J connectivity index is 1.61. The average Bonchev–Trinajstić information content (AvgIpc) is 3.36. The van der Waals surface area contributed by atoms with Crippen molar-refractivity contribution < 1.29 is 18.0 Å². The van der Waals surface area contributed by atoms with E-state index in [-0.39, 0.29) is 16.1 Å². The zero-order chi connectivity index (χ0) is 21.5.